The van der Waals surface area contributed by atoms with Crippen LogP contribution in [0.5, 0.6) is 0 Å². The van der Waals surface area contributed by atoms with Gasteiger partial charge in [-0.25, -0.2) is 4.98 Å². The number of nitrogen functional groups attached to an aromatic ring is 1. The van der Waals surface area contributed by atoms with Gasteiger partial charge in [-0.05, 0) is 12.1 Å². The van der Waals surface area contributed by atoms with Crippen LogP contribution in [0.4, 0.5) is 5.69 Å². The molecule has 0 saturated heterocycles. The average Bonchev–Trinajstić information content (AvgIpc) is 2.57. The van der Waals surface area contributed by atoms with E-state index in [0.717, 1.165) is 30.0 Å². The molecule has 5 heteroatoms. The first-order valence-electron chi connectivity index (χ1n) is 4.77. The molecular weight excluding hydrogens is 214 g/mol. The highest BCUT2D eigenvalue weighted by atomic mass is 35.5. The van der Waals surface area contributed by atoms with Crippen LogP contribution in [0.15, 0.2) is 12.1 Å². The molecule has 0 aliphatic carbocycles. The Morgan fingerprint density at radius 1 is 1.47 bits per heavy atom. The second-order valence-corrected chi connectivity index (χ2v) is 4.00. The van der Waals surface area contributed by atoms with E-state index in [0.29, 0.717) is 17.3 Å². The molecule has 1 aliphatic rings. The number of nitrogens with zero attached hydrogens (tertiary/aromatic N) is 2. The van der Waals surface area contributed by atoms with Crippen LogP contribution in [0.25, 0.3) is 11.0 Å². The predicted molar refractivity (Wildman–Crippen MR) is 58.8 cm³/mol. The van der Waals surface area contributed by atoms with E-state index in [2.05, 4.69) is 9.55 Å². The highest BCUT2D eigenvalue weighted by Crippen LogP contribution is 2.27. The zero-order chi connectivity index (χ0) is 10.4. The molecule has 0 saturated carbocycles. The summed E-state index contributed by atoms with van der Waals surface area (Å²) in [5, 5.41) is 0.555. The molecule has 0 atom stereocenters. The van der Waals surface area contributed by atoms with Gasteiger partial charge in [0, 0.05) is 6.54 Å². The molecule has 15 heavy (non-hydrogen) atoms. The molecule has 1 aromatic heterocycles. The zero-order valence-electron chi connectivity index (χ0n) is 8.03. The topological polar surface area (TPSA) is 53.1 Å². The van der Waals surface area contributed by atoms with Gasteiger partial charge in [0.05, 0.1) is 28.4 Å². The van der Waals surface area contributed by atoms with E-state index >= 15 is 0 Å². The Kier molecular flexibility index (Phi) is 1.87. The largest absolute Gasteiger partial charge is 0.397 e. The van der Waals surface area contributed by atoms with Crippen LogP contribution in [0.1, 0.15) is 5.82 Å². The number of hydrogen-bond acceptors (Lipinski definition) is 3. The zero-order valence-corrected chi connectivity index (χ0v) is 8.79. The maximum Gasteiger partial charge on any atom is 0.136 e. The lowest BCUT2D eigenvalue weighted by molar-refractivity contribution is 0.0830. The average molecular weight is 224 g/mol. The molecule has 2 aromatic rings. The van der Waals surface area contributed by atoms with Crippen molar-refractivity contribution in [2.24, 2.45) is 0 Å². The molecule has 2 N–H and O–H groups in total. The number of nitrogens with two attached hydrogens (primary N) is 1. The van der Waals surface area contributed by atoms with Crippen molar-refractivity contribution in [2.75, 3.05) is 12.3 Å². The maximum atomic E-state index is 5.95. The Labute approximate surface area is 91.6 Å². The number of anilines is 1. The van der Waals surface area contributed by atoms with Gasteiger partial charge >= 0.3 is 0 Å². The Morgan fingerprint density at radius 2 is 2.33 bits per heavy atom. The molecule has 78 valence electrons. The SMILES string of the molecule is Nc1cc2c(cc1Cl)nc1n2CCOC1. The van der Waals surface area contributed by atoms with E-state index < -0.39 is 0 Å². The van der Waals surface area contributed by atoms with E-state index in [1.54, 1.807) is 6.07 Å². The number of aromatic nitrogens is 2. The highest BCUT2D eigenvalue weighted by Gasteiger charge is 2.15. The number of imidazole rings is 1. The van der Waals surface area contributed by atoms with Crippen LogP contribution in [0.2, 0.25) is 5.02 Å². The summed E-state index contributed by atoms with van der Waals surface area (Å²) in [5.74, 6) is 0.943. The number of ether oxygens (including phenoxy) is 1. The van der Waals surface area contributed by atoms with E-state index in [-0.39, 0.29) is 0 Å². The van der Waals surface area contributed by atoms with Crippen molar-refractivity contribution in [2.45, 2.75) is 13.2 Å². The van der Waals surface area contributed by atoms with Crippen molar-refractivity contribution in [3.8, 4) is 0 Å². The summed E-state index contributed by atoms with van der Waals surface area (Å²) in [6, 6.07) is 3.68. The summed E-state index contributed by atoms with van der Waals surface area (Å²) in [5.41, 5.74) is 8.29. The summed E-state index contributed by atoms with van der Waals surface area (Å²) < 4.78 is 7.47. The number of halogens is 1. The number of fused-ring (bicyclic) bond motifs is 3. The van der Waals surface area contributed by atoms with Gasteiger partial charge in [0.15, 0.2) is 0 Å². The first-order chi connectivity index (χ1) is 7.25. The van der Waals surface area contributed by atoms with Gasteiger partial charge in [-0.2, -0.15) is 0 Å². The summed E-state index contributed by atoms with van der Waals surface area (Å²) in [4.78, 5) is 4.45. The van der Waals surface area contributed by atoms with Crippen LogP contribution in [0, 0.1) is 0 Å². The van der Waals surface area contributed by atoms with Crippen molar-refractivity contribution in [1.82, 2.24) is 9.55 Å². The molecule has 0 fully saturated rings. The molecule has 4 nitrogen and oxygen atoms in total. The van der Waals surface area contributed by atoms with E-state index in [1.807, 2.05) is 6.07 Å². The lowest BCUT2D eigenvalue weighted by Crippen LogP contribution is -2.16. The van der Waals surface area contributed by atoms with Gasteiger partial charge in [0.2, 0.25) is 0 Å². The van der Waals surface area contributed by atoms with E-state index in [1.165, 1.54) is 0 Å². The monoisotopic (exact) mass is 223 g/mol. The lowest BCUT2D eigenvalue weighted by Gasteiger charge is -2.14. The molecule has 2 heterocycles. The molecule has 1 aliphatic heterocycles. The van der Waals surface area contributed by atoms with Crippen molar-refractivity contribution in [1.29, 1.82) is 0 Å². The maximum absolute atomic E-state index is 5.95. The van der Waals surface area contributed by atoms with Crippen LogP contribution < -0.4 is 5.73 Å². The summed E-state index contributed by atoms with van der Waals surface area (Å²) >= 11 is 5.95. The molecule has 0 radical (unpaired) electrons. The van der Waals surface area contributed by atoms with Crippen LogP contribution in [0.3, 0.4) is 0 Å². The Morgan fingerprint density at radius 3 is 3.20 bits per heavy atom. The van der Waals surface area contributed by atoms with Gasteiger partial charge < -0.3 is 15.0 Å². The Bertz CT molecular complexity index is 535. The second-order valence-electron chi connectivity index (χ2n) is 3.59. The minimum atomic E-state index is 0.555. The molecule has 0 amide bonds. The van der Waals surface area contributed by atoms with Crippen LogP contribution in [-0.4, -0.2) is 16.2 Å². The van der Waals surface area contributed by atoms with Crippen molar-refractivity contribution < 1.29 is 4.74 Å². The minimum absolute atomic E-state index is 0.555. The lowest BCUT2D eigenvalue weighted by atomic mass is 10.3. The van der Waals surface area contributed by atoms with Crippen molar-refractivity contribution in [3.63, 3.8) is 0 Å². The highest BCUT2D eigenvalue weighted by molar-refractivity contribution is 6.33. The smallest absolute Gasteiger partial charge is 0.136 e. The summed E-state index contributed by atoms with van der Waals surface area (Å²) in [7, 11) is 0. The fraction of sp³-hybridized carbons (Fsp3) is 0.300. The number of hydrogen-bond donors (Lipinski definition) is 1. The second kappa shape index (κ2) is 3.12. The fourth-order valence-electron chi connectivity index (χ4n) is 1.89. The Hall–Kier alpha value is -1.26. The van der Waals surface area contributed by atoms with Crippen molar-refractivity contribution in [3.05, 3.63) is 23.0 Å². The molecule has 1 aromatic carbocycles. The molecule has 0 bridgehead atoms. The normalized spacial score (nSPS) is 15.5. The summed E-state index contributed by atoms with van der Waals surface area (Å²) in [6.07, 6.45) is 0. The van der Waals surface area contributed by atoms with Crippen LogP contribution in [-0.2, 0) is 17.9 Å². The van der Waals surface area contributed by atoms with E-state index in [4.69, 9.17) is 22.1 Å². The van der Waals surface area contributed by atoms with Crippen molar-refractivity contribution >= 4 is 28.3 Å². The molecular formula is C10H10ClN3O. The third kappa shape index (κ3) is 1.29. The standard InChI is InChI=1S/C10H10ClN3O/c11-6-3-8-9(4-7(6)12)14-1-2-15-5-10(14)13-8/h3-4H,1-2,5,12H2. The quantitative estimate of drug-likeness (QED) is 0.693. The van der Waals surface area contributed by atoms with Gasteiger partial charge in [-0.15, -0.1) is 0 Å². The third-order valence-electron chi connectivity index (χ3n) is 2.64. The van der Waals surface area contributed by atoms with E-state index in [9.17, 15) is 0 Å². The first-order valence-corrected chi connectivity index (χ1v) is 5.15. The fourth-order valence-corrected chi connectivity index (χ4v) is 2.05. The van der Waals surface area contributed by atoms with Crippen LogP contribution >= 0.6 is 11.6 Å². The molecule has 0 unspecified atom stereocenters. The molecule has 0 spiro atoms. The minimum Gasteiger partial charge on any atom is -0.397 e. The van der Waals surface area contributed by atoms with Gasteiger partial charge in [0.1, 0.15) is 12.4 Å². The number of rotatable bonds is 0. The Balaban J connectivity index is 2.33. The predicted octanol–water partition coefficient (Wildman–Crippen LogP) is 1.80. The first kappa shape index (κ1) is 9.00. The summed E-state index contributed by atoms with van der Waals surface area (Å²) in [6.45, 7) is 2.11. The third-order valence-corrected chi connectivity index (χ3v) is 2.96. The van der Waals surface area contributed by atoms with Gasteiger partial charge in [0.25, 0.3) is 0 Å². The number of benzene rings is 1. The van der Waals surface area contributed by atoms with Gasteiger partial charge in [-0.3, -0.25) is 0 Å². The molecule has 3 rings (SSSR count). The van der Waals surface area contributed by atoms with Gasteiger partial charge in [-0.1, -0.05) is 11.6 Å².